The van der Waals surface area contributed by atoms with Crippen LogP contribution < -0.4 is 15.6 Å². The number of ether oxygens (including phenoxy) is 1. The van der Waals surface area contributed by atoms with Crippen LogP contribution in [0.3, 0.4) is 0 Å². The molecule has 6 nitrogen and oxygen atoms in total. The smallest absolute Gasteiger partial charge is 0.263 e. The third-order valence-corrected chi connectivity index (χ3v) is 6.48. The number of hydrogen-bond acceptors (Lipinski definition) is 4. The lowest BCUT2D eigenvalue weighted by Gasteiger charge is -2.19. The minimum absolute atomic E-state index is 0.266. The minimum atomic E-state index is -0.375. The SMILES string of the molecule is COc1ccccc1C(C)n1cnc2cccc(NC(=O)c3ccc(Br)c(Cl)c3)c2c1=O. The molecule has 8 heteroatoms. The topological polar surface area (TPSA) is 73.2 Å². The maximum Gasteiger partial charge on any atom is 0.263 e. The second-order valence-corrected chi connectivity index (χ2v) is 8.42. The molecule has 0 radical (unpaired) electrons. The average molecular weight is 513 g/mol. The number of amides is 1. The van der Waals surface area contributed by atoms with E-state index < -0.39 is 0 Å². The van der Waals surface area contributed by atoms with Gasteiger partial charge < -0.3 is 10.1 Å². The normalized spacial score (nSPS) is 11.9. The summed E-state index contributed by atoms with van der Waals surface area (Å²) in [6.07, 6.45) is 1.52. The number of carbonyl (C=O) groups excluding carboxylic acids is 1. The van der Waals surface area contributed by atoms with E-state index in [1.54, 1.807) is 43.5 Å². The highest BCUT2D eigenvalue weighted by Gasteiger charge is 2.18. The van der Waals surface area contributed by atoms with E-state index in [9.17, 15) is 9.59 Å². The zero-order valence-electron chi connectivity index (χ0n) is 17.3. The van der Waals surface area contributed by atoms with E-state index in [-0.39, 0.29) is 17.5 Å². The Morgan fingerprint density at radius 1 is 1.16 bits per heavy atom. The molecule has 162 valence electrons. The third-order valence-electron chi connectivity index (χ3n) is 5.25. The number of halogens is 2. The van der Waals surface area contributed by atoms with Crippen LogP contribution in [0.4, 0.5) is 5.69 Å². The number of methoxy groups -OCH3 is 1. The highest BCUT2D eigenvalue weighted by molar-refractivity contribution is 9.10. The Morgan fingerprint density at radius 3 is 2.69 bits per heavy atom. The van der Waals surface area contributed by atoms with Crippen molar-refractivity contribution >= 4 is 50.0 Å². The zero-order valence-corrected chi connectivity index (χ0v) is 19.6. The molecule has 0 saturated carbocycles. The van der Waals surface area contributed by atoms with E-state index in [1.165, 1.54) is 10.9 Å². The molecule has 4 aromatic rings. The number of para-hydroxylation sites is 1. The van der Waals surface area contributed by atoms with Crippen LogP contribution in [-0.2, 0) is 0 Å². The van der Waals surface area contributed by atoms with Gasteiger partial charge in [0.15, 0.2) is 0 Å². The molecule has 0 aliphatic rings. The number of fused-ring (bicyclic) bond motifs is 1. The second-order valence-electron chi connectivity index (χ2n) is 7.16. The van der Waals surface area contributed by atoms with Crippen LogP contribution in [0.2, 0.25) is 5.02 Å². The highest BCUT2D eigenvalue weighted by atomic mass is 79.9. The fourth-order valence-corrected chi connectivity index (χ4v) is 3.98. The van der Waals surface area contributed by atoms with Crippen molar-refractivity contribution in [1.82, 2.24) is 9.55 Å². The number of carbonyl (C=O) groups is 1. The highest BCUT2D eigenvalue weighted by Crippen LogP contribution is 2.28. The van der Waals surface area contributed by atoms with E-state index in [2.05, 4.69) is 26.2 Å². The van der Waals surface area contributed by atoms with E-state index in [4.69, 9.17) is 16.3 Å². The molecule has 0 aliphatic heterocycles. The molecular formula is C24H19BrClN3O3. The lowest BCUT2D eigenvalue weighted by atomic mass is 10.1. The Bertz CT molecular complexity index is 1390. The van der Waals surface area contributed by atoms with Gasteiger partial charge in [0.05, 0.1) is 41.1 Å². The van der Waals surface area contributed by atoms with Gasteiger partial charge in [-0.25, -0.2) is 4.98 Å². The largest absolute Gasteiger partial charge is 0.496 e. The van der Waals surface area contributed by atoms with Crippen molar-refractivity contribution < 1.29 is 9.53 Å². The Morgan fingerprint density at radius 2 is 1.94 bits per heavy atom. The molecule has 0 bridgehead atoms. The molecule has 1 aromatic heterocycles. The summed E-state index contributed by atoms with van der Waals surface area (Å²) in [5.41, 5.74) is 1.83. The molecule has 0 aliphatic carbocycles. The Labute approximate surface area is 197 Å². The second kappa shape index (κ2) is 9.14. The van der Waals surface area contributed by atoms with Crippen LogP contribution >= 0.6 is 27.5 Å². The van der Waals surface area contributed by atoms with E-state index in [0.29, 0.717) is 37.4 Å². The van der Waals surface area contributed by atoms with Crippen molar-refractivity contribution in [3.05, 3.63) is 98.0 Å². The molecule has 3 aromatic carbocycles. The lowest BCUT2D eigenvalue weighted by molar-refractivity contribution is 0.102. The summed E-state index contributed by atoms with van der Waals surface area (Å²) < 4.78 is 7.68. The summed E-state index contributed by atoms with van der Waals surface area (Å²) in [6, 6.07) is 17.3. The minimum Gasteiger partial charge on any atom is -0.496 e. The van der Waals surface area contributed by atoms with Gasteiger partial charge in [-0.3, -0.25) is 14.2 Å². The summed E-state index contributed by atoms with van der Waals surface area (Å²) >= 11 is 9.43. The van der Waals surface area contributed by atoms with Crippen molar-refractivity contribution in [2.24, 2.45) is 0 Å². The van der Waals surface area contributed by atoms with E-state index >= 15 is 0 Å². The molecule has 1 amide bonds. The fourth-order valence-electron chi connectivity index (χ4n) is 3.55. The first-order chi connectivity index (χ1) is 15.4. The molecule has 1 unspecified atom stereocenters. The molecule has 0 fully saturated rings. The fraction of sp³-hybridized carbons (Fsp3) is 0.125. The first-order valence-corrected chi connectivity index (χ1v) is 11.0. The number of hydrogen-bond donors (Lipinski definition) is 1. The van der Waals surface area contributed by atoms with Crippen molar-refractivity contribution in [2.45, 2.75) is 13.0 Å². The van der Waals surface area contributed by atoms with Gasteiger partial charge in [0.25, 0.3) is 11.5 Å². The summed E-state index contributed by atoms with van der Waals surface area (Å²) in [5.74, 6) is 0.306. The summed E-state index contributed by atoms with van der Waals surface area (Å²) in [7, 11) is 1.59. The van der Waals surface area contributed by atoms with E-state index in [0.717, 1.165) is 5.56 Å². The van der Waals surface area contributed by atoms with Crippen LogP contribution in [0.1, 0.15) is 28.9 Å². The summed E-state index contributed by atoms with van der Waals surface area (Å²) in [5, 5.41) is 3.57. The molecule has 1 heterocycles. The maximum atomic E-state index is 13.5. The van der Waals surface area contributed by atoms with Gasteiger partial charge in [-0.2, -0.15) is 0 Å². The maximum absolute atomic E-state index is 13.5. The Hall–Kier alpha value is -3.16. The Balaban J connectivity index is 1.77. The molecule has 0 spiro atoms. The molecular weight excluding hydrogens is 494 g/mol. The quantitative estimate of drug-likeness (QED) is 0.373. The molecule has 0 saturated heterocycles. The molecule has 1 N–H and O–H groups in total. The monoisotopic (exact) mass is 511 g/mol. The first kappa shape index (κ1) is 22.0. The number of anilines is 1. The predicted molar refractivity (Wildman–Crippen MR) is 130 cm³/mol. The first-order valence-electron chi connectivity index (χ1n) is 9.80. The van der Waals surface area contributed by atoms with Crippen LogP contribution in [0.25, 0.3) is 10.9 Å². The van der Waals surface area contributed by atoms with Gasteiger partial charge >= 0.3 is 0 Å². The number of nitrogens with one attached hydrogen (secondary N) is 1. The van der Waals surface area contributed by atoms with Gasteiger partial charge in [-0.15, -0.1) is 0 Å². The van der Waals surface area contributed by atoms with Crippen molar-refractivity contribution in [2.75, 3.05) is 12.4 Å². The number of benzene rings is 3. The van der Waals surface area contributed by atoms with Gasteiger partial charge in [0.2, 0.25) is 0 Å². The van der Waals surface area contributed by atoms with Crippen molar-refractivity contribution in [1.29, 1.82) is 0 Å². The van der Waals surface area contributed by atoms with Crippen molar-refractivity contribution in [3.8, 4) is 5.75 Å². The van der Waals surface area contributed by atoms with Crippen LogP contribution in [0.5, 0.6) is 5.75 Å². The number of rotatable bonds is 5. The van der Waals surface area contributed by atoms with Crippen LogP contribution in [0, 0.1) is 0 Å². The van der Waals surface area contributed by atoms with Crippen LogP contribution in [0.15, 0.2) is 76.3 Å². The molecule has 32 heavy (non-hydrogen) atoms. The third kappa shape index (κ3) is 4.13. The van der Waals surface area contributed by atoms with Gasteiger partial charge in [-0.1, -0.05) is 35.9 Å². The number of nitrogens with zero attached hydrogens (tertiary/aromatic N) is 2. The Kier molecular flexibility index (Phi) is 6.30. The number of aromatic nitrogens is 2. The molecule has 1 atom stereocenters. The van der Waals surface area contributed by atoms with Crippen molar-refractivity contribution in [3.63, 3.8) is 0 Å². The van der Waals surface area contributed by atoms with Gasteiger partial charge in [0, 0.05) is 15.6 Å². The summed E-state index contributed by atoms with van der Waals surface area (Å²) in [4.78, 5) is 30.8. The lowest BCUT2D eigenvalue weighted by Crippen LogP contribution is -2.26. The average Bonchev–Trinajstić information content (AvgIpc) is 2.80. The van der Waals surface area contributed by atoms with Gasteiger partial charge in [0.1, 0.15) is 5.75 Å². The zero-order chi connectivity index (χ0) is 22.8. The van der Waals surface area contributed by atoms with E-state index in [1.807, 2.05) is 31.2 Å². The molecule has 4 rings (SSSR count). The summed E-state index contributed by atoms with van der Waals surface area (Å²) in [6.45, 7) is 1.90. The van der Waals surface area contributed by atoms with Gasteiger partial charge in [-0.05, 0) is 59.3 Å². The predicted octanol–water partition coefficient (Wildman–Crippen LogP) is 5.68. The van der Waals surface area contributed by atoms with Crippen LogP contribution in [-0.4, -0.2) is 22.6 Å². The standard InChI is InChI=1S/C24H19BrClN3O3/c1-14(16-6-3-4-9-21(16)32-2)29-13-27-19-7-5-8-20(22(19)24(29)31)28-23(30)15-10-11-17(25)18(26)12-15/h3-14H,1-2H3,(H,28,30).